The lowest BCUT2D eigenvalue weighted by molar-refractivity contribution is -0.139. The molecule has 1 rings (SSSR count). The summed E-state index contributed by atoms with van der Waals surface area (Å²) in [5.41, 5.74) is 4.02. The lowest BCUT2D eigenvalue weighted by Gasteiger charge is -2.04. The van der Waals surface area contributed by atoms with Crippen LogP contribution in [0, 0.1) is 0 Å². The first-order chi connectivity index (χ1) is 9.63. The summed E-state index contributed by atoms with van der Waals surface area (Å²) in [6.07, 6.45) is 2.91. The van der Waals surface area contributed by atoms with Crippen molar-refractivity contribution < 1.29 is 9.59 Å². The molecule has 0 saturated carbocycles. The molecule has 5 heteroatoms. The van der Waals surface area contributed by atoms with Gasteiger partial charge in [0.2, 0.25) is 0 Å². The fourth-order valence-electron chi connectivity index (χ4n) is 1.54. The molecule has 0 spiro atoms. The molecule has 0 bridgehead atoms. The molecule has 0 unspecified atom stereocenters. The van der Waals surface area contributed by atoms with Crippen molar-refractivity contribution in [2.75, 3.05) is 0 Å². The number of carbonyl (C=O) groups is 2. The van der Waals surface area contributed by atoms with Crippen LogP contribution < -0.4 is 10.7 Å². The van der Waals surface area contributed by atoms with Crippen molar-refractivity contribution >= 4 is 17.5 Å². The molecule has 108 valence electrons. The summed E-state index contributed by atoms with van der Waals surface area (Å²) in [5.74, 6) is -1.42. The predicted molar refractivity (Wildman–Crippen MR) is 79.1 cm³/mol. The van der Waals surface area contributed by atoms with Crippen LogP contribution in [-0.4, -0.2) is 17.5 Å². The molecule has 1 aromatic carbocycles. The first-order valence-electron chi connectivity index (χ1n) is 6.78. The minimum Gasteiger partial charge on any atom is -0.344 e. The summed E-state index contributed by atoms with van der Waals surface area (Å²) >= 11 is 0. The van der Waals surface area contributed by atoms with Gasteiger partial charge in [-0.15, -0.1) is 0 Å². The first kappa shape index (κ1) is 15.9. The van der Waals surface area contributed by atoms with E-state index in [1.807, 2.05) is 37.3 Å². The Balaban J connectivity index is 2.34. The monoisotopic (exact) mass is 275 g/mol. The molecule has 2 amide bonds. The molecule has 0 aliphatic rings. The van der Waals surface area contributed by atoms with Gasteiger partial charge in [-0.3, -0.25) is 9.59 Å². The topological polar surface area (TPSA) is 70.6 Å². The van der Waals surface area contributed by atoms with Gasteiger partial charge in [0, 0.05) is 12.3 Å². The van der Waals surface area contributed by atoms with Gasteiger partial charge in [0.15, 0.2) is 0 Å². The zero-order valence-electron chi connectivity index (χ0n) is 12.0. The molecule has 0 atom stereocenters. The number of benzene rings is 1. The number of hydrogen-bond acceptors (Lipinski definition) is 3. The molecule has 0 aliphatic carbocycles. The molecule has 0 radical (unpaired) electrons. The summed E-state index contributed by atoms with van der Waals surface area (Å²) in [5, 5.41) is 6.44. The third-order valence-electron chi connectivity index (χ3n) is 2.74. The second-order valence-corrected chi connectivity index (χ2v) is 4.56. The maximum atomic E-state index is 11.6. The Hall–Kier alpha value is -2.17. The van der Waals surface area contributed by atoms with Crippen LogP contribution in [0.2, 0.25) is 0 Å². The van der Waals surface area contributed by atoms with E-state index in [0.29, 0.717) is 6.54 Å². The minimum atomic E-state index is -0.739. The summed E-state index contributed by atoms with van der Waals surface area (Å²) in [7, 11) is 0. The normalized spacial score (nSPS) is 11.0. The number of amides is 2. The highest BCUT2D eigenvalue weighted by Crippen LogP contribution is 1.97. The predicted octanol–water partition coefficient (Wildman–Crippen LogP) is 1.99. The molecule has 0 saturated heterocycles. The van der Waals surface area contributed by atoms with Crippen molar-refractivity contribution in [2.24, 2.45) is 5.10 Å². The van der Waals surface area contributed by atoms with E-state index in [4.69, 9.17) is 0 Å². The second-order valence-electron chi connectivity index (χ2n) is 4.56. The summed E-state index contributed by atoms with van der Waals surface area (Å²) < 4.78 is 0. The molecule has 0 aromatic heterocycles. The Kier molecular flexibility index (Phi) is 7.03. The van der Waals surface area contributed by atoms with Crippen LogP contribution in [0.25, 0.3) is 0 Å². The van der Waals surface area contributed by atoms with E-state index < -0.39 is 11.8 Å². The number of nitrogens with zero attached hydrogens (tertiary/aromatic N) is 1. The van der Waals surface area contributed by atoms with Crippen LogP contribution in [0.4, 0.5) is 0 Å². The maximum absolute atomic E-state index is 11.6. The van der Waals surface area contributed by atoms with Gasteiger partial charge in [-0.25, -0.2) is 5.43 Å². The van der Waals surface area contributed by atoms with E-state index in [1.165, 1.54) is 0 Å². The fourth-order valence-corrected chi connectivity index (χ4v) is 1.54. The zero-order valence-corrected chi connectivity index (χ0v) is 12.0. The Bertz CT molecular complexity index is 469. The molecular weight excluding hydrogens is 254 g/mol. The van der Waals surface area contributed by atoms with E-state index >= 15 is 0 Å². The summed E-state index contributed by atoms with van der Waals surface area (Å²) in [6, 6.07) is 9.41. The highest BCUT2D eigenvalue weighted by Gasteiger charge is 2.11. The quantitative estimate of drug-likeness (QED) is 0.473. The van der Waals surface area contributed by atoms with Crippen molar-refractivity contribution in [1.82, 2.24) is 10.7 Å². The average molecular weight is 275 g/mol. The van der Waals surface area contributed by atoms with Gasteiger partial charge >= 0.3 is 11.8 Å². The second kappa shape index (κ2) is 8.85. The Morgan fingerprint density at radius 2 is 1.85 bits per heavy atom. The maximum Gasteiger partial charge on any atom is 0.329 e. The van der Waals surface area contributed by atoms with E-state index in [9.17, 15) is 9.59 Å². The van der Waals surface area contributed by atoms with Gasteiger partial charge in [0.05, 0.1) is 0 Å². The van der Waals surface area contributed by atoms with Gasteiger partial charge in [-0.05, 0) is 25.3 Å². The zero-order chi connectivity index (χ0) is 14.8. The largest absolute Gasteiger partial charge is 0.344 e. The van der Waals surface area contributed by atoms with Crippen molar-refractivity contribution in [1.29, 1.82) is 0 Å². The van der Waals surface area contributed by atoms with Gasteiger partial charge in [-0.2, -0.15) is 5.10 Å². The number of hydrogen-bond donors (Lipinski definition) is 2. The smallest absolute Gasteiger partial charge is 0.329 e. The van der Waals surface area contributed by atoms with Crippen LogP contribution in [-0.2, 0) is 16.1 Å². The van der Waals surface area contributed by atoms with Gasteiger partial charge in [0.1, 0.15) is 0 Å². The highest BCUT2D eigenvalue weighted by molar-refractivity contribution is 6.35. The standard InChI is InChI=1S/C15H21N3O2/c1-3-4-8-12(2)17-18-15(20)14(19)16-11-13-9-6-5-7-10-13/h5-7,9-10H,3-4,8,11H2,1-2H3,(H,16,19)(H,18,20)/b17-12+. The first-order valence-corrected chi connectivity index (χ1v) is 6.78. The van der Waals surface area contributed by atoms with Gasteiger partial charge < -0.3 is 5.32 Å². The molecule has 1 aromatic rings. The fraction of sp³-hybridized carbons (Fsp3) is 0.400. The Labute approximate surface area is 119 Å². The summed E-state index contributed by atoms with van der Waals surface area (Å²) in [4.78, 5) is 23.1. The van der Waals surface area contributed by atoms with Crippen molar-refractivity contribution in [3.05, 3.63) is 35.9 Å². The SMILES string of the molecule is CCCC/C(C)=N/NC(=O)C(=O)NCc1ccccc1. The lowest BCUT2D eigenvalue weighted by atomic mass is 10.2. The molecule has 20 heavy (non-hydrogen) atoms. The number of unbranched alkanes of at least 4 members (excludes halogenated alkanes) is 1. The molecule has 0 fully saturated rings. The van der Waals surface area contributed by atoms with E-state index in [1.54, 1.807) is 0 Å². The number of carbonyl (C=O) groups excluding carboxylic acids is 2. The van der Waals surface area contributed by atoms with Crippen LogP contribution in [0.5, 0.6) is 0 Å². The van der Waals surface area contributed by atoms with Gasteiger partial charge in [-0.1, -0.05) is 43.7 Å². The van der Waals surface area contributed by atoms with Crippen molar-refractivity contribution in [2.45, 2.75) is 39.7 Å². The van der Waals surface area contributed by atoms with E-state index in [-0.39, 0.29) is 0 Å². The van der Waals surface area contributed by atoms with Crippen LogP contribution in [0.1, 0.15) is 38.7 Å². The van der Waals surface area contributed by atoms with Crippen molar-refractivity contribution in [3.63, 3.8) is 0 Å². The van der Waals surface area contributed by atoms with Crippen LogP contribution in [0.3, 0.4) is 0 Å². The number of rotatable bonds is 6. The summed E-state index contributed by atoms with van der Waals surface area (Å²) in [6.45, 7) is 4.24. The lowest BCUT2D eigenvalue weighted by Crippen LogP contribution is -2.37. The average Bonchev–Trinajstić information content (AvgIpc) is 2.49. The molecule has 5 nitrogen and oxygen atoms in total. The van der Waals surface area contributed by atoms with Crippen LogP contribution >= 0.6 is 0 Å². The molecule has 0 aliphatic heterocycles. The van der Waals surface area contributed by atoms with Crippen LogP contribution in [0.15, 0.2) is 35.4 Å². The van der Waals surface area contributed by atoms with E-state index in [0.717, 1.165) is 30.5 Å². The van der Waals surface area contributed by atoms with E-state index in [2.05, 4.69) is 22.8 Å². The molecule has 2 N–H and O–H groups in total. The third kappa shape index (κ3) is 6.13. The van der Waals surface area contributed by atoms with Gasteiger partial charge in [0.25, 0.3) is 0 Å². The highest BCUT2D eigenvalue weighted by atomic mass is 16.2. The third-order valence-corrected chi connectivity index (χ3v) is 2.74. The number of nitrogens with one attached hydrogen (secondary N) is 2. The number of hydrazone groups is 1. The van der Waals surface area contributed by atoms with Crippen molar-refractivity contribution in [3.8, 4) is 0 Å². The Morgan fingerprint density at radius 1 is 1.15 bits per heavy atom. The Morgan fingerprint density at radius 3 is 2.50 bits per heavy atom. The minimum absolute atomic E-state index is 0.325. The molecule has 0 heterocycles. The molecular formula is C15H21N3O2.